The van der Waals surface area contributed by atoms with Gasteiger partial charge in [0.15, 0.2) is 0 Å². The van der Waals surface area contributed by atoms with E-state index in [9.17, 15) is 9.18 Å². The van der Waals surface area contributed by atoms with Crippen molar-refractivity contribution in [1.82, 2.24) is 10.6 Å². The Morgan fingerprint density at radius 2 is 1.87 bits per heavy atom. The number of hydrogen-bond donors (Lipinski definition) is 2. The normalized spacial score (nSPS) is 22.4. The largest absolute Gasteiger partial charge is 0.380 e. The molecule has 0 aliphatic carbocycles. The highest BCUT2D eigenvalue weighted by atomic mass is 35.5. The molecule has 0 bridgehead atoms. The van der Waals surface area contributed by atoms with E-state index in [0.29, 0.717) is 12.8 Å². The molecule has 0 aromatic heterocycles. The molecule has 2 unspecified atom stereocenters. The highest BCUT2D eigenvalue weighted by Gasteiger charge is 2.19. The fourth-order valence-electron chi connectivity index (χ4n) is 2.78. The predicted octanol–water partition coefficient (Wildman–Crippen LogP) is 6.81. The SMILES string of the molecule is CC.CC.C\C1=C/C(Cl)=C(F)\C=C\NC(C(=O)NC(C)CCc2ccccc2)CC1. The molecule has 1 aliphatic heterocycles. The number of carbonyl (C=O) groups is 1. The number of amides is 1. The van der Waals surface area contributed by atoms with Gasteiger partial charge in [-0.15, -0.1) is 0 Å². The number of carbonyl (C=O) groups excluding carboxylic acids is 1. The van der Waals surface area contributed by atoms with E-state index >= 15 is 0 Å². The van der Waals surface area contributed by atoms with Crippen LogP contribution in [0.4, 0.5) is 4.39 Å². The van der Waals surface area contributed by atoms with Crippen molar-refractivity contribution in [2.45, 2.75) is 79.3 Å². The van der Waals surface area contributed by atoms with Gasteiger partial charge in [-0.3, -0.25) is 4.79 Å². The molecule has 2 N–H and O–H groups in total. The van der Waals surface area contributed by atoms with Crippen molar-refractivity contribution in [3.63, 3.8) is 0 Å². The smallest absolute Gasteiger partial charge is 0.242 e. The predicted molar refractivity (Wildman–Crippen MR) is 128 cm³/mol. The molecule has 0 spiro atoms. The number of halogens is 2. The first-order chi connectivity index (χ1) is 14.5. The van der Waals surface area contributed by atoms with Gasteiger partial charge in [0.2, 0.25) is 5.91 Å². The summed E-state index contributed by atoms with van der Waals surface area (Å²) in [7, 11) is 0. The minimum Gasteiger partial charge on any atom is -0.380 e. The van der Waals surface area contributed by atoms with E-state index in [4.69, 9.17) is 11.6 Å². The lowest BCUT2D eigenvalue weighted by Crippen LogP contribution is -2.45. The number of allylic oxidation sites excluding steroid dienone is 5. The molecule has 1 aromatic carbocycles. The lowest BCUT2D eigenvalue weighted by molar-refractivity contribution is -0.123. The van der Waals surface area contributed by atoms with Crippen LogP contribution >= 0.6 is 11.6 Å². The summed E-state index contributed by atoms with van der Waals surface area (Å²) in [6.45, 7) is 11.9. The summed E-state index contributed by atoms with van der Waals surface area (Å²) < 4.78 is 13.8. The second kappa shape index (κ2) is 16.7. The van der Waals surface area contributed by atoms with E-state index in [0.717, 1.165) is 18.4 Å². The van der Waals surface area contributed by atoms with Crippen molar-refractivity contribution in [3.8, 4) is 0 Å². The van der Waals surface area contributed by atoms with Crippen LogP contribution in [0, 0.1) is 0 Å². The molecule has 1 heterocycles. The molecule has 1 amide bonds. The van der Waals surface area contributed by atoms with Crippen molar-refractivity contribution in [1.29, 1.82) is 0 Å². The summed E-state index contributed by atoms with van der Waals surface area (Å²) in [5.74, 6) is -0.588. The summed E-state index contributed by atoms with van der Waals surface area (Å²) in [6.07, 6.45) is 7.38. The molecule has 0 fully saturated rings. The Balaban J connectivity index is 0.00000198. The van der Waals surface area contributed by atoms with E-state index in [1.165, 1.54) is 17.8 Å². The van der Waals surface area contributed by atoms with Gasteiger partial charge >= 0.3 is 0 Å². The third-order valence-electron chi connectivity index (χ3n) is 4.37. The average molecular weight is 437 g/mol. The summed E-state index contributed by atoms with van der Waals surface area (Å²) in [4.78, 5) is 12.6. The molecule has 30 heavy (non-hydrogen) atoms. The fraction of sp³-hybridized carbons (Fsp3) is 0.480. The Bertz CT molecular complexity index is 698. The minimum atomic E-state index is -0.518. The second-order valence-corrected chi connectivity index (χ2v) is 7.12. The number of rotatable bonds is 5. The Labute approximate surface area is 187 Å². The van der Waals surface area contributed by atoms with Gasteiger partial charge in [0.25, 0.3) is 0 Å². The molecule has 5 heteroatoms. The fourth-order valence-corrected chi connectivity index (χ4v) is 3.03. The Hall–Kier alpha value is -2.07. The zero-order valence-electron chi connectivity index (χ0n) is 19.3. The van der Waals surface area contributed by atoms with Gasteiger partial charge in [0.1, 0.15) is 11.9 Å². The number of aryl methyl sites for hydroxylation is 1. The lowest BCUT2D eigenvalue weighted by atomic mass is 10.0. The van der Waals surface area contributed by atoms with E-state index < -0.39 is 11.9 Å². The van der Waals surface area contributed by atoms with Crippen LogP contribution in [-0.4, -0.2) is 18.0 Å². The van der Waals surface area contributed by atoms with Crippen LogP contribution in [-0.2, 0) is 11.2 Å². The first-order valence-electron chi connectivity index (χ1n) is 10.9. The maximum atomic E-state index is 13.8. The topological polar surface area (TPSA) is 41.1 Å². The van der Waals surface area contributed by atoms with Gasteiger partial charge in [-0.1, -0.05) is 75.2 Å². The zero-order valence-corrected chi connectivity index (χ0v) is 20.0. The third-order valence-corrected chi connectivity index (χ3v) is 4.66. The van der Waals surface area contributed by atoms with Crippen LogP contribution in [0.2, 0.25) is 0 Å². The van der Waals surface area contributed by atoms with Crippen LogP contribution in [0.5, 0.6) is 0 Å². The van der Waals surface area contributed by atoms with Gasteiger partial charge in [0.05, 0.1) is 5.03 Å². The van der Waals surface area contributed by atoms with Crippen LogP contribution in [0.1, 0.15) is 66.4 Å². The van der Waals surface area contributed by atoms with Gasteiger partial charge in [-0.25, -0.2) is 4.39 Å². The maximum Gasteiger partial charge on any atom is 0.242 e. The number of nitrogens with one attached hydrogen (secondary N) is 2. The molecule has 2 rings (SSSR count). The van der Waals surface area contributed by atoms with E-state index in [1.54, 1.807) is 6.08 Å². The second-order valence-electron chi connectivity index (χ2n) is 6.71. The van der Waals surface area contributed by atoms with Crippen molar-refractivity contribution in [3.05, 3.63) is 70.7 Å². The Kier molecular flexibility index (Phi) is 15.5. The standard InChI is InChI=1S/C21H26ClFN2O.2C2H6/c1-15-8-11-20(24-13-12-19(23)18(22)14-15)21(26)25-16(2)9-10-17-6-4-3-5-7-17;2*1-2/h3-7,12-14,16,20,24H,8-11H2,1-2H3,(H,25,26);2*1-2H3/b13-12+,15-14+,19-18-;;. The summed E-state index contributed by atoms with van der Waals surface area (Å²) in [6, 6.07) is 9.86. The van der Waals surface area contributed by atoms with Crippen LogP contribution in [0.3, 0.4) is 0 Å². The molecule has 1 aliphatic rings. The van der Waals surface area contributed by atoms with Crippen LogP contribution in [0.15, 0.2) is 65.1 Å². The van der Waals surface area contributed by atoms with E-state index in [1.807, 2.05) is 59.7 Å². The monoisotopic (exact) mass is 436 g/mol. The van der Waals surface area contributed by atoms with E-state index in [-0.39, 0.29) is 17.0 Å². The van der Waals surface area contributed by atoms with Crippen molar-refractivity contribution >= 4 is 17.5 Å². The first-order valence-corrected chi connectivity index (χ1v) is 11.3. The summed E-state index contributed by atoms with van der Waals surface area (Å²) in [5.41, 5.74) is 2.20. The van der Waals surface area contributed by atoms with Crippen LogP contribution in [0.25, 0.3) is 0 Å². The molecule has 0 saturated carbocycles. The molecule has 0 saturated heterocycles. The summed E-state index contributed by atoms with van der Waals surface area (Å²) >= 11 is 5.89. The van der Waals surface area contributed by atoms with Gasteiger partial charge in [-0.2, -0.15) is 0 Å². The van der Waals surface area contributed by atoms with Gasteiger partial charge in [0, 0.05) is 12.2 Å². The molecule has 1 aromatic rings. The Morgan fingerprint density at radius 3 is 2.50 bits per heavy atom. The number of benzene rings is 1. The highest BCUT2D eigenvalue weighted by Crippen LogP contribution is 2.19. The van der Waals surface area contributed by atoms with Crippen molar-refractivity contribution < 1.29 is 9.18 Å². The molecule has 0 radical (unpaired) electrons. The van der Waals surface area contributed by atoms with Crippen LogP contribution < -0.4 is 10.6 Å². The first kappa shape index (κ1) is 27.9. The molecular formula is C25H38ClFN2O. The quantitative estimate of drug-likeness (QED) is 0.532. The molecule has 2 atom stereocenters. The van der Waals surface area contributed by atoms with Crippen molar-refractivity contribution in [2.75, 3.05) is 0 Å². The zero-order chi connectivity index (χ0) is 22.9. The molecule has 168 valence electrons. The van der Waals surface area contributed by atoms with E-state index in [2.05, 4.69) is 22.8 Å². The number of hydrogen-bond acceptors (Lipinski definition) is 2. The minimum absolute atomic E-state index is 0.0617. The average Bonchev–Trinajstić information content (AvgIpc) is 2.77. The molecule has 3 nitrogen and oxygen atoms in total. The highest BCUT2D eigenvalue weighted by molar-refractivity contribution is 6.31. The molecular weight excluding hydrogens is 399 g/mol. The van der Waals surface area contributed by atoms with Gasteiger partial charge in [-0.05, 0) is 57.2 Å². The lowest BCUT2D eigenvalue weighted by Gasteiger charge is -2.21. The van der Waals surface area contributed by atoms with Crippen molar-refractivity contribution in [2.24, 2.45) is 0 Å². The van der Waals surface area contributed by atoms with Gasteiger partial charge < -0.3 is 10.6 Å². The Morgan fingerprint density at radius 1 is 1.23 bits per heavy atom. The summed E-state index contributed by atoms with van der Waals surface area (Å²) in [5, 5.41) is 6.12. The third kappa shape index (κ3) is 11.2. The maximum absolute atomic E-state index is 13.8.